The first-order chi connectivity index (χ1) is 8.27. The van der Waals surface area contributed by atoms with Gasteiger partial charge in [-0.1, -0.05) is 19.3 Å². The van der Waals surface area contributed by atoms with E-state index in [4.69, 9.17) is 5.73 Å². The van der Waals surface area contributed by atoms with E-state index in [1.165, 1.54) is 17.4 Å². The summed E-state index contributed by atoms with van der Waals surface area (Å²) < 4.78 is 1.50. The summed E-state index contributed by atoms with van der Waals surface area (Å²) in [5.41, 5.74) is 6.32. The smallest absolute Gasteiger partial charge is 0.228 e. The maximum absolute atomic E-state index is 9.35. The van der Waals surface area contributed by atoms with Gasteiger partial charge >= 0.3 is 0 Å². The third kappa shape index (κ3) is 1.32. The zero-order valence-corrected chi connectivity index (χ0v) is 9.48. The lowest BCUT2D eigenvalue weighted by atomic mass is 9.76. The van der Waals surface area contributed by atoms with Gasteiger partial charge in [-0.15, -0.1) is 0 Å². The summed E-state index contributed by atoms with van der Waals surface area (Å²) in [4.78, 5) is 4.14. The Bertz CT molecular complexity index is 514. The van der Waals surface area contributed by atoms with Gasteiger partial charge in [0, 0.05) is 0 Å². The van der Waals surface area contributed by atoms with Crippen LogP contribution in [0.1, 0.15) is 32.1 Å². The predicted octanol–water partition coefficient (Wildman–Crippen LogP) is 1.06. The number of hydrogen-bond donors (Lipinski definition) is 2. The molecule has 3 N–H and O–H groups in total. The van der Waals surface area contributed by atoms with Crippen molar-refractivity contribution in [1.29, 1.82) is 5.26 Å². The first kappa shape index (κ1) is 10.1. The Morgan fingerprint density at radius 1 is 1.41 bits per heavy atom. The van der Waals surface area contributed by atoms with Gasteiger partial charge < -0.3 is 11.1 Å². The fraction of sp³-hybridized carbons (Fsp3) is 0.545. The molecule has 1 spiro atoms. The standard InChI is InChI=1S/C11H14N6/c12-6-8-9(13)17-10(14-7-15-17)16-11(8)4-2-1-3-5-11/h7H,1-5,13H2,(H,14,15,16). The van der Waals surface area contributed by atoms with Crippen LogP contribution in [0.2, 0.25) is 0 Å². The minimum atomic E-state index is -0.319. The number of anilines is 1. The van der Waals surface area contributed by atoms with Crippen molar-refractivity contribution < 1.29 is 0 Å². The molecular formula is C11H14N6. The normalized spacial score (nSPS) is 21.8. The van der Waals surface area contributed by atoms with Crippen molar-refractivity contribution in [1.82, 2.24) is 14.8 Å². The molecule has 0 amide bonds. The van der Waals surface area contributed by atoms with Crippen LogP contribution in [0.4, 0.5) is 5.95 Å². The lowest BCUT2D eigenvalue weighted by Gasteiger charge is -2.40. The fourth-order valence-electron chi connectivity index (χ4n) is 2.83. The van der Waals surface area contributed by atoms with Crippen LogP contribution in [0.5, 0.6) is 0 Å². The van der Waals surface area contributed by atoms with E-state index in [0.717, 1.165) is 25.7 Å². The van der Waals surface area contributed by atoms with Crippen molar-refractivity contribution in [2.75, 3.05) is 5.32 Å². The second-order valence-electron chi connectivity index (χ2n) is 4.64. The summed E-state index contributed by atoms with van der Waals surface area (Å²) in [5.74, 6) is 1.06. The summed E-state index contributed by atoms with van der Waals surface area (Å²) >= 11 is 0. The molecule has 6 heteroatoms. The molecule has 6 nitrogen and oxygen atoms in total. The number of fused-ring (bicyclic) bond motifs is 1. The molecule has 1 fully saturated rings. The molecule has 1 aromatic heterocycles. The lowest BCUT2D eigenvalue weighted by molar-refractivity contribution is 0.367. The Morgan fingerprint density at radius 3 is 2.88 bits per heavy atom. The molecule has 1 saturated carbocycles. The number of nitrogens with zero attached hydrogens (tertiary/aromatic N) is 4. The minimum absolute atomic E-state index is 0.319. The quantitative estimate of drug-likeness (QED) is 0.695. The predicted molar refractivity (Wildman–Crippen MR) is 62.5 cm³/mol. The number of hydrogen-bond acceptors (Lipinski definition) is 5. The largest absolute Gasteiger partial charge is 0.383 e. The maximum Gasteiger partial charge on any atom is 0.228 e. The molecular weight excluding hydrogens is 216 g/mol. The molecule has 17 heavy (non-hydrogen) atoms. The van der Waals surface area contributed by atoms with Crippen molar-refractivity contribution >= 4 is 11.8 Å². The Balaban J connectivity index is 2.14. The van der Waals surface area contributed by atoms with E-state index >= 15 is 0 Å². The number of rotatable bonds is 0. The highest BCUT2D eigenvalue weighted by molar-refractivity contribution is 5.66. The van der Waals surface area contributed by atoms with Crippen molar-refractivity contribution in [3.8, 4) is 6.07 Å². The number of nitrogens with one attached hydrogen (secondary N) is 1. The van der Waals surface area contributed by atoms with E-state index in [1.54, 1.807) is 0 Å². The number of nitrogens with two attached hydrogens (primary N) is 1. The van der Waals surface area contributed by atoms with Crippen LogP contribution in [0.25, 0.3) is 5.82 Å². The zero-order valence-electron chi connectivity index (χ0n) is 9.48. The number of nitriles is 1. The van der Waals surface area contributed by atoms with Crippen LogP contribution in [0.3, 0.4) is 0 Å². The lowest BCUT2D eigenvalue weighted by Crippen LogP contribution is -2.47. The van der Waals surface area contributed by atoms with Crippen molar-refractivity contribution in [2.45, 2.75) is 37.6 Å². The molecule has 0 saturated heterocycles. The number of aromatic nitrogens is 3. The molecule has 1 aromatic rings. The van der Waals surface area contributed by atoms with E-state index in [1.807, 2.05) is 0 Å². The average molecular weight is 230 g/mol. The molecule has 1 aliphatic heterocycles. The van der Waals surface area contributed by atoms with Gasteiger partial charge in [-0.2, -0.15) is 20.0 Å². The highest BCUT2D eigenvalue weighted by Gasteiger charge is 2.42. The van der Waals surface area contributed by atoms with E-state index in [2.05, 4.69) is 21.5 Å². The van der Waals surface area contributed by atoms with E-state index in [-0.39, 0.29) is 5.54 Å². The summed E-state index contributed by atoms with van der Waals surface area (Å²) in [7, 11) is 0. The SMILES string of the molecule is N#CC1=C(N)n2ncnc2NC12CCCCC2. The van der Waals surface area contributed by atoms with Crippen molar-refractivity contribution in [3.05, 3.63) is 11.9 Å². The van der Waals surface area contributed by atoms with Crippen molar-refractivity contribution in [3.63, 3.8) is 0 Å². The molecule has 0 atom stereocenters. The molecule has 3 rings (SSSR count). The van der Waals surface area contributed by atoms with Gasteiger partial charge in [0.15, 0.2) is 0 Å². The summed E-state index contributed by atoms with van der Waals surface area (Å²) in [5, 5.41) is 16.7. The van der Waals surface area contributed by atoms with E-state index < -0.39 is 0 Å². The molecule has 1 aliphatic carbocycles. The molecule has 0 aromatic carbocycles. The maximum atomic E-state index is 9.35. The van der Waals surface area contributed by atoms with Gasteiger partial charge in [-0.25, -0.2) is 0 Å². The molecule has 0 unspecified atom stereocenters. The zero-order chi connectivity index (χ0) is 11.9. The van der Waals surface area contributed by atoms with Crippen LogP contribution in [-0.2, 0) is 0 Å². The Morgan fingerprint density at radius 2 is 2.18 bits per heavy atom. The molecule has 88 valence electrons. The van der Waals surface area contributed by atoms with E-state index in [9.17, 15) is 5.26 Å². The minimum Gasteiger partial charge on any atom is -0.383 e. The highest BCUT2D eigenvalue weighted by atomic mass is 15.4. The van der Waals surface area contributed by atoms with Gasteiger partial charge in [0.1, 0.15) is 18.2 Å². The third-order valence-electron chi connectivity index (χ3n) is 3.68. The summed E-state index contributed by atoms with van der Waals surface area (Å²) in [6.45, 7) is 0. The molecule has 2 aliphatic rings. The highest BCUT2D eigenvalue weighted by Crippen LogP contribution is 2.40. The Hall–Kier alpha value is -2.03. The molecule has 0 bridgehead atoms. The first-order valence-corrected chi connectivity index (χ1v) is 5.86. The molecule has 2 heterocycles. The average Bonchev–Trinajstić information content (AvgIpc) is 2.78. The Kier molecular flexibility index (Phi) is 2.08. The van der Waals surface area contributed by atoms with Crippen LogP contribution < -0.4 is 11.1 Å². The molecule has 0 radical (unpaired) electrons. The van der Waals surface area contributed by atoms with Crippen LogP contribution in [0.15, 0.2) is 11.9 Å². The third-order valence-corrected chi connectivity index (χ3v) is 3.68. The van der Waals surface area contributed by atoms with E-state index in [0.29, 0.717) is 17.3 Å². The van der Waals surface area contributed by atoms with Crippen LogP contribution >= 0.6 is 0 Å². The van der Waals surface area contributed by atoms with Gasteiger partial charge in [0.25, 0.3) is 0 Å². The van der Waals surface area contributed by atoms with Crippen LogP contribution in [0, 0.1) is 11.3 Å². The van der Waals surface area contributed by atoms with Gasteiger partial charge in [0.2, 0.25) is 5.95 Å². The van der Waals surface area contributed by atoms with Crippen LogP contribution in [-0.4, -0.2) is 20.3 Å². The Labute approximate surface area is 99.1 Å². The summed E-state index contributed by atoms with van der Waals surface area (Å²) in [6, 6.07) is 2.25. The summed E-state index contributed by atoms with van der Waals surface area (Å²) in [6.07, 6.45) is 6.76. The first-order valence-electron chi connectivity index (χ1n) is 5.86. The van der Waals surface area contributed by atoms with Crippen molar-refractivity contribution in [2.24, 2.45) is 5.73 Å². The van der Waals surface area contributed by atoms with Gasteiger partial charge in [-0.3, -0.25) is 0 Å². The van der Waals surface area contributed by atoms with Gasteiger partial charge in [-0.05, 0) is 12.8 Å². The van der Waals surface area contributed by atoms with Gasteiger partial charge in [0.05, 0.1) is 11.1 Å². The topological polar surface area (TPSA) is 92.5 Å². The monoisotopic (exact) mass is 230 g/mol. The second-order valence-corrected chi connectivity index (χ2v) is 4.64. The fourth-order valence-corrected chi connectivity index (χ4v) is 2.83. The second kappa shape index (κ2) is 3.48.